The molecule has 0 saturated heterocycles. The highest BCUT2D eigenvalue weighted by molar-refractivity contribution is 7.18. The topological polar surface area (TPSA) is 102 Å². The number of carbonyl (C=O) groups excluding carboxylic acids is 3. The molecule has 0 saturated carbocycles. The fraction of sp³-hybridized carbons (Fsp3) is 0.250. The van der Waals surface area contributed by atoms with Crippen LogP contribution in [-0.4, -0.2) is 43.4 Å². The highest BCUT2D eigenvalue weighted by atomic mass is 32.1. The summed E-state index contributed by atoms with van der Waals surface area (Å²) in [5.41, 5.74) is 7.76. The van der Waals surface area contributed by atoms with Gasteiger partial charge >= 0.3 is 5.97 Å². The van der Waals surface area contributed by atoms with Crippen molar-refractivity contribution in [2.45, 2.75) is 13.8 Å². The molecule has 2 rings (SSSR count). The van der Waals surface area contributed by atoms with Gasteiger partial charge < -0.3 is 20.7 Å². The van der Waals surface area contributed by atoms with Gasteiger partial charge in [-0.05, 0) is 43.2 Å². The van der Waals surface area contributed by atoms with Crippen LogP contribution >= 0.6 is 11.3 Å². The van der Waals surface area contributed by atoms with Crippen molar-refractivity contribution >= 4 is 45.9 Å². The second kappa shape index (κ2) is 9.18. The van der Waals surface area contributed by atoms with Gasteiger partial charge in [0.15, 0.2) is 0 Å². The van der Waals surface area contributed by atoms with Crippen LogP contribution in [-0.2, 0) is 9.53 Å². The third-order valence-corrected chi connectivity index (χ3v) is 5.02. The van der Waals surface area contributed by atoms with Crippen molar-refractivity contribution in [2.75, 3.05) is 31.8 Å². The van der Waals surface area contributed by atoms with Gasteiger partial charge in [-0.15, -0.1) is 11.3 Å². The van der Waals surface area contributed by atoms with E-state index >= 15 is 0 Å². The number of esters is 1. The van der Waals surface area contributed by atoms with Crippen LogP contribution in [0.3, 0.4) is 0 Å². The Kier molecular flexibility index (Phi) is 6.94. The SMILES string of the molecule is CCOC(=O)c1c(NC(=O)/C=C/c2ccc(N)cc2)sc(C(=O)N(C)C)c1C. The Morgan fingerprint density at radius 2 is 1.86 bits per heavy atom. The predicted octanol–water partition coefficient (Wildman–Crippen LogP) is 3.17. The van der Waals surface area contributed by atoms with Gasteiger partial charge in [0.25, 0.3) is 5.91 Å². The molecular weight excluding hydrogens is 378 g/mol. The van der Waals surface area contributed by atoms with Crippen LogP contribution in [0.2, 0.25) is 0 Å². The zero-order valence-corrected chi connectivity index (χ0v) is 17.1. The number of hydrogen-bond donors (Lipinski definition) is 2. The number of anilines is 2. The predicted molar refractivity (Wildman–Crippen MR) is 112 cm³/mol. The summed E-state index contributed by atoms with van der Waals surface area (Å²) in [6, 6.07) is 7.04. The quantitative estimate of drug-likeness (QED) is 0.440. The molecule has 0 aliphatic rings. The molecule has 3 N–H and O–H groups in total. The molecule has 28 heavy (non-hydrogen) atoms. The normalized spacial score (nSPS) is 10.7. The van der Waals surface area contributed by atoms with Crippen LogP contribution in [0.1, 0.15) is 38.1 Å². The Morgan fingerprint density at radius 3 is 2.43 bits per heavy atom. The number of hydrogen-bond acceptors (Lipinski definition) is 6. The Balaban J connectivity index is 2.30. The average Bonchev–Trinajstić information content (AvgIpc) is 2.96. The molecule has 0 unspecified atom stereocenters. The Labute approximate surface area is 167 Å². The van der Waals surface area contributed by atoms with E-state index in [9.17, 15) is 14.4 Å². The first kappa shape index (κ1) is 21.2. The van der Waals surface area contributed by atoms with E-state index in [0.717, 1.165) is 16.9 Å². The lowest BCUT2D eigenvalue weighted by Gasteiger charge is -2.09. The van der Waals surface area contributed by atoms with Crippen molar-refractivity contribution in [1.29, 1.82) is 0 Å². The van der Waals surface area contributed by atoms with Gasteiger partial charge in [0.2, 0.25) is 5.91 Å². The van der Waals surface area contributed by atoms with Crippen molar-refractivity contribution in [3.05, 3.63) is 51.9 Å². The lowest BCUT2D eigenvalue weighted by Crippen LogP contribution is -2.21. The lowest BCUT2D eigenvalue weighted by atomic mass is 10.1. The molecule has 1 aromatic heterocycles. The molecule has 0 aliphatic carbocycles. The Hall–Kier alpha value is -3.13. The number of nitrogen functional groups attached to an aromatic ring is 1. The zero-order chi connectivity index (χ0) is 20.8. The van der Waals surface area contributed by atoms with Gasteiger partial charge in [-0.2, -0.15) is 0 Å². The molecule has 2 amide bonds. The number of nitrogens with one attached hydrogen (secondary N) is 1. The molecule has 1 aromatic carbocycles. The second-order valence-electron chi connectivity index (χ2n) is 6.17. The van der Waals surface area contributed by atoms with E-state index < -0.39 is 11.9 Å². The largest absolute Gasteiger partial charge is 0.462 e. The summed E-state index contributed by atoms with van der Waals surface area (Å²) in [7, 11) is 3.25. The van der Waals surface area contributed by atoms with Crippen LogP contribution in [0.5, 0.6) is 0 Å². The summed E-state index contributed by atoms with van der Waals surface area (Å²) in [4.78, 5) is 38.9. The number of amides is 2. The fourth-order valence-electron chi connectivity index (χ4n) is 2.39. The van der Waals surface area contributed by atoms with Gasteiger partial charge in [-0.1, -0.05) is 12.1 Å². The van der Waals surface area contributed by atoms with Crippen LogP contribution in [0.15, 0.2) is 30.3 Å². The summed E-state index contributed by atoms with van der Waals surface area (Å²) in [6.45, 7) is 3.55. The van der Waals surface area contributed by atoms with Crippen molar-refractivity contribution < 1.29 is 19.1 Å². The first-order valence-corrected chi connectivity index (χ1v) is 9.43. The molecule has 0 aliphatic heterocycles. The zero-order valence-electron chi connectivity index (χ0n) is 16.2. The maximum Gasteiger partial charge on any atom is 0.341 e. The maximum absolute atomic E-state index is 12.4. The molecular formula is C20H23N3O4S. The summed E-state index contributed by atoms with van der Waals surface area (Å²) < 4.78 is 5.09. The number of thiophene rings is 1. The number of rotatable bonds is 6. The number of carbonyl (C=O) groups is 3. The minimum atomic E-state index is -0.577. The monoisotopic (exact) mass is 401 g/mol. The van der Waals surface area contributed by atoms with Gasteiger partial charge in [-0.3, -0.25) is 9.59 Å². The van der Waals surface area contributed by atoms with Crippen LogP contribution in [0, 0.1) is 6.92 Å². The summed E-state index contributed by atoms with van der Waals surface area (Å²) >= 11 is 1.05. The average molecular weight is 401 g/mol. The van der Waals surface area contributed by atoms with Gasteiger partial charge in [0, 0.05) is 25.9 Å². The summed E-state index contributed by atoms with van der Waals surface area (Å²) in [5, 5.41) is 2.97. The third kappa shape index (κ3) is 4.98. The van der Waals surface area contributed by atoms with E-state index in [2.05, 4.69) is 5.32 Å². The molecule has 2 aromatic rings. The van der Waals surface area contributed by atoms with Gasteiger partial charge in [0.05, 0.1) is 17.0 Å². The van der Waals surface area contributed by atoms with Crippen molar-refractivity contribution in [2.24, 2.45) is 0 Å². The fourth-order valence-corrected chi connectivity index (χ4v) is 3.61. The number of ether oxygens (including phenoxy) is 1. The molecule has 0 fully saturated rings. The van der Waals surface area contributed by atoms with Gasteiger partial charge in [0.1, 0.15) is 5.00 Å². The van der Waals surface area contributed by atoms with Crippen LogP contribution in [0.25, 0.3) is 6.08 Å². The van der Waals surface area contributed by atoms with E-state index in [1.807, 2.05) is 0 Å². The molecule has 1 heterocycles. The highest BCUT2D eigenvalue weighted by Crippen LogP contribution is 2.34. The van der Waals surface area contributed by atoms with E-state index in [1.54, 1.807) is 58.3 Å². The van der Waals surface area contributed by atoms with Crippen molar-refractivity contribution in [3.63, 3.8) is 0 Å². The maximum atomic E-state index is 12.4. The molecule has 0 spiro atoms. The first-order chi connectivity index (χ1) is 13.2. The molecule has 0 radical (unpaired) electrons. The molecule has 148 valence electrons. The molecule has 0 atom stereocenters. The van der Waals surface area contributed by atoms with Crippen molar-refractivity contribution in [1.82, 2.24) is 4.90 Å². The number of benzene rings is 1. The van der Waals surface area contributed by atoms with Crippen LogP contribution < -0.4 is 11.1 Å². The molecule has 7 nitrogen and oxygen atoms in total. The number of nitrogens with zero attached hydrogens (tertiary/aromatic N) is 1. The number of nitrogens with two attached hydrogens (primary N) is 1. The summed E-state index contributed by atoms with van der Waals surface area (Å²) in [6.07, 6.45) is 2.98. The lowest BCUT2D eigenvalue weighted by molar-refractivity contribution is -0.111. The van der Waals surface area contributed by atoms with Crippen LogP contribution in [0.4, 0.5) is 10.7 Å². The Bertz CT molecular complexity index is 914. The second-order valence-corrected chi connectivity index (χ2v) is 7.19. The van der Waals surface area contributed by atoms with E-state index in [1.165, 1.54) is 11.0 Å². The van der Waals surface area contributed by atoms with Gasteiger partial charge in [-0.25, -0.2) is 4.79 Å². The summed E-state index contributed by atoms with van der Waals surface area (Å²) in [5.74, 6) is -1.25. The minimum Gasteiger partial charge on any atom is -0.462 e. The smallest absolute Gasteiger partial charge is 0.341 e. The van der Waals surface area contributed by atoms with Crippen molar-refractivity contribution in [3.8, 4) is 0 Å². The standard InChI is InChI=1S/C20H23N3O4S/c1-5-27-20(26)16-12(2)17(19(25)23(3)4)28-18(16)22-15(24)11-8-13-6-9-14(21)10-7-13/h6-11H,5,21H2,1-4H3,(H,22,24)/b11-8+. The molecule has 8 heteroatoms. The van der Waals surface area contributed by atoms with E-state index in [-0.39, 0.29) is 23.1 Å². The van der Waals surface area contributed by atoms with E-state index in [0.29, 0.717) is 16.1 Å². The third-order valence-electron chi connectivity index (χ3n) is 3.83. The molecule has 0 bridgehead atoms. The Morgan fingerprint density at radius 1 is 1.21 bits per heavy atom. The van der Waals surface area contributed by atoms with E-state index in [4.69, 9.17) is 10.5 Å². The first-order valence-electron chi connectivity index (χ1n) is 8.61. The minimum absolute atomic E-state index is 0.190. The highest BCUT2D eigenvalue weighted by Gasteiger charge is 2.26.